The van der Waals surface area contributed by atoms with E-state index in [1.54, 1.807) is 0 Å². The maximum atomic E-state index is 12.7. The summed E-state index contributed by atoms with van der Waals surface area (Å²) < 4.78 is 33.6. The molecule has 3 N–H and O–H groups in total. The summed E-state index contributed by atoms with van der Waals surface area (Å²) in [5.74, 6) is -2.65. The van der Waals surface area contributed by atoms with Crippen molar-refractivity contribution in [3.63, 3.8) is 0 Å². The molecule has 0 saturated heterocycles. The second-order valence-corrected chi connectivity index (χ2v) is 3.15. The van der Waals surface area contributed by atoms with Gasteiger partial charge in [0.25, 0.3) is 0 Å². The van der Waals surface area contributed by atoms with Gasteiger partial charge < -0.3 is 20.5 Å². The number of alkyl halides is 2. The van der Waals surface area contributed by atoms with Crippen molar-refractivity contribution in [2.75, 3.05) is 5.32 Å². The second kappa shape index (κ2) is 3.58. The first-order valence-corrected chi connectivity index (χ1v) is 4.38. The number of carbonyl (C=O) groups is 2. The van der Waals surface area contributed by atoms with E-state index >= 15 is 0 Å². The highest BCUT2D eigenvalue weighted by Crippen LogP contribution is 2.42. The third-order valence-electron chi connectivity index (χ3n) is 1.88. The third kappa shape index (κ3) is 2.25. The number of fused-ring (bicyclic) bond motifs is 1. The van der Waals surface area contributed by atoms with Crippen LogP contribution in [0.2, 0.25) is 0 Å². The molecule has 0 atom stereocenters. The van der Waals surface area contributed by atoms with Crippen molar-refractivity contribution in [2.24, 2.45) is 5.73 Å². The van der Waals surface area contributed by atoms with Crippen LogP contribution in [0.3, 0.4) is 0 Å². The normalized spacial score (nSPS) is 15.4. The number of benzene rings is 1. The molecule has 17 heavy (non-hydrogen) atoms. The average Bonchev–Trinajstić information content (AvgIpc) is 2.50. The summed E-state index contributed by atoms with van der Waals surface area (Å²) >= 11 is 0. The molecule has 6 nitrogen and oxygen atoms in total. The summed E-state index contributed by atoms with van der Waals surface area (Å²) in [4.78, 5) is 21.4. The van der Waals surface area contributed by atoms with Gasteiger partial charge in [-0.1, -0.05) is 0 Å². The van der Waals surface area contributed by atoms with Crippen LogP contribution in [-0.4, -0.2) is 18.1 Å². The smallest absolute Gasteiger partial charge is 0.395 e. The largest absolute Gasteiger partial charge is 0.586 e. The number of carbonyl (C=O) groups excluding carboxylic acids is 2. The van der Waals surface area contributed by atoms with Crippen LogP contribution in [0.5, 0.6) is 11.5 Å². The van der Waals surface area contributed by atoms with E-state index in [-0.39, 0.29) is 17.2 Å². The van der Waals surface area contributed by atoms with Crippen LogP contribution in [0.25, 0.3) is 0 Å². The third-order valence-corrected chi connectivity index (χ3v) is 1.88. The molecule has 0 bridgehead atoms. The predicted octanol–water partition coefficient (Wildman–Crippen LogP) is 0.432. The molecule has 1 aliphatic heterocycles. The Morgan fingerprint density at radius 3 is 2.53 bits per heavy atom. The highest BCUT2D eigenvalue weighted by atomic mass is 19.3. The summed E-state index contributed by atoms with van der Waals surface area (Å²) in [6, 6.07) is 3.54. The fourth-order valence-corrected chi connectivity index (χ4v) is 1.22. The highest BCUT2D eigenvalue weighted by Gasteiger charge is 2.43. The maximum absolute atomic E-state index is 12.7. The zero-order chi connectivity index (χ0) is 12.6. The summed E-state index contributed by atoms with van der Waals surface area (Å²) in [5, 5.41) is 2.10. The van der Waals surface area contributed by atoms with E-state index in [2.05, 4.69) is 14.8 Å². The van der Waals surface area contributed by atoms with Gasteiger partial charge in [-0.3, -0.25) is 9.59 Å². The molecule has 2 amide bonds. The zero-order valence-electron chi connectivity index (χ0n) is 8.20. The number of ether oxygens (including phenoxy) is 2. The Bertz CT molecular complexity index is 504. The van der Waals surface area contributed by atoms with Crippen molar-refractivity contribution in [2.45, 2.75) is 6.29 Å². The van der Waals surface area contributed by atoms with Crippen LogP contribution >= 0.6 is 0 Å². The Balaban J connectivity index is 2.19. The van der Waals surface area contributed by atoms with Gasteiger partial charge in [-0.15, -0.1) is 8.78 Å². The van der Waals surface area contributed by atoms with E-state index in [0.717, 1.165) is 6.07 Å². The van der Waals surface area contributed by atoms with Gasteiger partial charge in [-0.2, -0.15) is 0 Å². The van der Waals surface area contributed by atoms with Crippen LogP contribution in [0.1, 0.15) is 0 Å². The van der Waals surface area contributed by atoms with Gasteiger partial charge in [0.1, 0.15) is 0 Å². The minimum Gasteiger partial charge on any atom is -0.395 e. The van der Waals surface area contributed by atoms with Crippen molar-refractivity contribution >= 4 is 17.5 Å². The first-order valence-electron chi connectivity index (χ1n) is 4.38. The fourth-order valence-electron chi connectivity index (χ4n) is 1.22. The van der Waals surface area contributed by atoms with Gasteiger partial charge in [0.2, 0.25) is 0 Å². The van der Waals surface area contributed by atoms with Gasteiger partial charge in [0.05, 0.1) is 0 Å². The van der Waals surface area contributed by atoms with E-state index in [0.29, 0.717) is 0 Å². The highest BCUT2D eigenvalue weighted by molar-refractivity contribution is 6.39. The molecular weight excluding hydrogens is 238 g/mol. The number of halogens is 2. The molecule has 1 aromatic carbocycles. The van der Waals surface area contributed by atoms with Crippen molar-refractivity contribution in [1.29, 1.82) is 0 Å². The molecule has 0 fully saturated rings. The number of nitrogens with one attached hydrogen (secondary N) is 1. The summed E-state index contributed by atoms with van der Waals surface area (Å²) in [6.45, 7) is 0. The molecule has 0 saturated carbocycles. The van der Waals surface area contributed by atoms with Crippen molar-refractivity contribution < 1.29 is 27.8 Å². The maximum Gasteiger partial charge on any atom is 0.586 e. The van der Waals surface area contributed by atoms with Crippen molar-refractivity contribution in [3.05, 3.63) is 18.2 Å². The number of primary amides is 1. The lowest BCUT2D eigenvalue weighted by molar-refractivity contribution is -0.286. The quantitative estimate of drug-likeness (QED) is 0.701. The molecule has 0 aliphatic carbocycles. The predicted molar refractivity (Wildman–Crippen MR) is 50.5 cm³/mol. The number of amides is 2. The van der Waals surface area contributed by atoms with Crippen LogP contribution in [0, 0.1) is 0 Å². The van der Waals surface area contributed by atoms with Gasteiger partial charge in [0, 0.05) is 11.8 Å². The molecule has 2 rings (SSSR count). The van der Waals surface area contributed by atoms with E-state index in [1.165, 1.54) is 12.1 Å². The molecule has 8 heteroatoms. The summed E-state index contributed by atoms with van der Waals surface area (Å²) in [6.07, 6.45) is -3.73. The zero-order valence-corrected chi connectivity index (χ0v) is 8.20. The summed E-state index contributed by atoms with van der Waals surface area (Å²) in [7, 11) is 0. The monoisotopic (exact) mass is 244 g/mol. The van der Waals surface area contributed by atoms with E-state index in [1.807, 2.05) is 0 Å². The van der Waals surface area contributed by atoms with E-state index in [4.69, 9.17) is 5.73 Å². The van der Waals surface area contributed by atoms with Crippen LogP contribution in [-0.2, 0) is 9.59 Å². The molecule has 1 heterocycles. The van der Waals surface area contributed by atoms with Crippen molar-refractivity contribution in [1.82, 2.24) is 0 Å². The minimum absolute atomic E-state index is 0.0915. The molecule has 1 aromatic rings. The molecule has 0 radical (unpaired) electrons. The Morgan fingerprint density at radius 2 is 1.88 bits per heavy atom. The van der Waals surface area contributed by atoms with Crippen LogP contribution in [0.15, 0.2) is 18.2 Å². The van der Waals surface area contributed by atoms with E-state index < -0.39 is 18.1 Å². The van der Waals surface area contributed by atoms with Crippen LogP contribution < -0.4 is 20.5 Å². The number of rotatable bonds is 1. The Labute approximate surface area is 93.3 Å². The number of hydrogen-bond acceptors (Lipinski definition) is 4. The minimum atomic E-state index is -3.73. The lowest BCUT2D eigenvalue weighted by Gasteiger charge is -2.04. The Morgan fingerprint density at radius 1 is 1.24 bits per heavy atom. The first kappa shape index (κ1) is 11.1. The number of nitrogens with two attached hydrogens (primary N) is 1. The van der Waals surface area contributed by atoms with Gasteiger partial charge in [0.15, 0.2) is 11.5 Å². The van der Waals surface area contributed by atoms with Crippen LogP contribution in [0.4, 0.5) is 14.5 Å². The lowest BCUT2D eigenvalue weighted by atomic mass is 10.3. The standard InChI is InChI=1S/C9H6F2N2O4/c10-9(11)16-5-2-1-4(3-6(5)17-9)13-8(15)7(12)14/h1-3H,(H2,12,14)(H,13,15). The Hall–Kier alpha value is -2.38. The topological polar surface area (TPSA) is 90.7 Å². The molecule has 90 valence electrons. The average molecular weight is 244 g/mol. The van der Waals surface area contributed by atoms with Gasteiger partial charge in [-0.05, 0) is 12.1 Å². The molecule has 0 aromatic heterocycles. The summed E-state index contributed by atoms with van der Waals surface area (Å²) in [5.41, 5.74) is 4.80. The molecule has 0 unspecified atom stereocenters. The first-order chi connectivity index (χ1) is 7.87. The van der Waals surface area contributed by atoms with Crippen molar-refractivity contribution in [3.8, 4) is 11.5 Å². The van der Waals surface area contributed by atoms with Gasteiger partial charge in [-0.25, -0.2) is 0 Å². The van der Waals surface area contributed by atoms with E-state index in [9.17, 15) is 18.4 Å². The molecule has 1 aliphatic rings. The lowest BCUT2D eigenvalue weighted by Crippen LogP contribution is -2.29. The number of hydrogen-bond donors (Lipinski definition) is 2. The van der Waals surface area contributed by atoms with Gasteiger partial charge >= 0.3 is 18.1 Å². The number of anilines is 1. The molecular formula is C9H6F2N2O4. The molecule has 0 spiro atoms. The Kier molecular flexibility index (Phi) is 2.34. The fraction of sp³-hybridized carbons (Fsp3) is 0.111. The SMILES string of the molecule is NC(=O)C(=O)Nc1ccc2c(c1)OC(F)(F)O2. The second-order valence-electron chi connectivity index (χ2n) is 3.15.